The number of hydrogen-bond donors (Lipinski definition) is 1. The summed E-state index contributed by atoms with van der Waals surface area (Å²) < 4.78 is 0.827. The molecule has 0 saturated heterocycles. The molecule has 3 rings (SSSR count). The van der Waals surface area contributed by atoms with Crippen molar-refractivity contribution < 1.29 is 0 Å². The van der Waals surface area contributed by atoms with Gasteiger partial charge >= 0.3 is 0 Å². The van der Waals surface area contributed by atoms with Gasteiger partial charge in [0, 0.05) is 5.69 Å². The first-order valence-electron chi connectivity index (χ1n) is 6.83. The van der Waals surface area contributed by atoms with Crippen LogP contribution in [0, 0.1) is 0 Å². The monoisotopic (exact) mass is 338 g/mol. The minimum atomic E-state index is 0.827. The van der Waals surface area contributed by atoms with Gasteiger partial charge in [-0.05, 0) is 51.7 Å². The van der Waals surface area contributed by atoms with Gasteiger partial charge in [0.15, 0.2) is 0 Å². The van der Waals surface area contributed by atoms with Crippen LogP contribution in [0.15, 0.2) is 77.4 Å². The van der Waals surface area contributed by atoms with Crippen LogP contribution in [0.3, 0.4) is 0 Å². The number of aromatic nitrogens is 1. The van der Waals surface area contributed by atoms with Crippen molar-refractivity contribution in [2.45, 2.75) is 6.42 Å². The van der Waals surface area contributed by atoms with Gasteiger partial charge in [0.1, 0.15) is 10.4 Å². The molecule has 3 aromatic rings. The second-order valence-corrected chi connectivity index (χ2v) is 5.60. The maximum Gasteiger partial charge on any atom is 0.131 e. The Bertz CT molecular complexity index is 726. The summed E-state index contributed by atoms with van der Waals surface area (Å²) in [6, 6.07) is 24.7. The molecule has 0 saturated carbocycles. The fourth-order valence-electron chi connectivity index (χ4n) is 2.23. The fraction of sp³-hybridized carbons (Fsp3) is 0.0556. The second-order valence-electron chi connectivity index (χ2n) is 4.79. The molecule has 0 fully saturated rings. The van der Waals surface area contributed by atoms with Crippen molar-refractivity contribution in [1.29, 1.82) is 0 Å². The average molecular weight is 339 g/mol. The van der Waals surface area contributed by atoms with Crippen molar-refractivity contribution in [2.24, 2.45) is 0 Å². The van der Waals surface area contributed by atoms with Crippen molar-refractivity contribution in [1.82, 2.24) is 4.98 Å². The van der Waals surface area contributed by atoms with Crippen LogP contribution in [-0.4, -0.2) is 4.98 Å². The van der Waals surface area contributed by atoms with Gasteiger partial charge < -0.3 is 5.32 Å². The van der Waals surface area contributed by atoms with E-state index in [9.17, 15) is 0 Å². The van der Waals surface area contributed by atoms with E-state index in [0.717, 1.165) is 22.5 Å². The van der Waals surface area contributed by atoms with Crippen molar-refractivity contribution in [3.63, 3.8) is 0 Å². The maximum absolute atomic E-state index is 4.42. The molecule has 104 valence electrons. The van der Waals surface area contributed by atoms with Gasteiger partial charge in [0.2, 0.25) is 0 Å². The molecule has 0 aliphatic rings. The lowest BCUT2D eigenvalue weighted by Gasteiger charge is -2.11. The van der Waals surface area contributed by atoms with Gasteiger partial charge in [-0.2, -0.15) is 0 Å². The highest BCUT2D eigenvalue weighted by Crippen LogP contribution is 2.23. The standard InChI is InChI=1S/C18H15BrN2/c19-17-11-6-12-18(21-17)20-16-10-5-4-9-15(16)13-14-7-2-1-3-8-14/h1-12H,13H2,(H,20,21). The Morgan fingerprint density at radius 3 is 2.38 bits per heavy atom. The molecule has 21 heavy (non-hydrogen) atoms. The topological polar surface area (TPSA) is 24.9 Å². The molecule has 0 spiro atoms. The number of para-hydroxylation sites is 1. The highest BCUT2D eigenvalue weighted by Gasteiger charge is 2.04. The third-order valence-electron chi connectivity index (χ3n) is 3.23. The first-order valence-corrected chi connectivity index (χ1v) is 7.62. The summed E-state index contributed by atoms with van der Waals surface area (Å²) in [6.07, 6.45) is 0.901. The molecule has 1 N–H and O–H groups in total. The normalized spacial score (nSPS) is 10.3. The summed E-state index contributed by atoms with van der Waals surface area (Å²) in [5.41, 5.74) is 3.64. The molecule has 0 atom stereocenters. The van der Waals surface area contributed by atoms with E-state index in [-0.39, 0.29) is 0 Å². The molecule has 0 unspecified atom stereocenters. The van der Waals surface area contributed by atoms with Gasteiger partial charge in [-0.1, -0.05) is 54.6 Å². The number of hydrogen-bond acceptors (Lipinski definition) is 2. The number of pyridine rings is 1. The Morgan fingerprint density at radius 2 is 1.57 bits per heavy atom. The summed E-state index contributed by atoms with van der Waals surface area (Å²) in [6.45, 7) is 0. The van der Waals surface area contributed by atoms with E-state index in [1.807, 2.05) is 30.3 Å². The van der Waals surface area contributed by atoms with E-state index in [4.69, 9.17) is 0 Å². The van der Waals surface area contributed by atoms with E-state index in [1.165, 1.54) is 11.1 Å². The lowest BCUT2D eigenvalue weighted by Crippen LogP contribution is -1.98. The van der Waals surface area contributed by atoms with Crippen molar-refractivity contribution in [2.75, 3.05) is 5.32 Å². The molecule has 0 aliphatic heterocycles. The van der Waals surface area contributed by atoms with E-state index in [0.29, 0.717) is 0 Å². The number of benzene rings is 2. The molecule has 1 heterocycles. The maximum atomic E-state index is 4.42. The fourth-order valence-corrected chi connectivity index (χ4v) is 2.57. The molecule has 0 amide bonds. The van der Waals surface area contributed by atoms with Crippen molar-refractivity contribution >= 4 is 27.4 Å². The summed E-state index contributed by atoms with van der Waals surface area (Å²) in [5.74, 6) is 0.838. The zero-order valence-electron chi connectivity index (χ0n) is 11.5. The minimum Gasteiger partial charge on any atom is -0.340 e. The third kappa shape index (κ3) is 3.70. The van der Waals surface area contributed by atoms with Crippen LogP contribution >= 0.6 is 15.9 Å². The predicted molar refractivity (Wildman–Crippen MR) is 90.9 cm³/mol. The lowest BCUT2D eigenvalue weighted by molar-refractivity contribution is 1.18. The Balaban J connectivity index is 1.86. The van der Waals surface area contributed by atoms with E-state index in [1.54, 1.807) is 0 Å². The number of halogens is 1. The molecule has 0 bridgehead atoms. The zero-order chi connectivity index (χ0) is 14.5. The van der Waals surface area contributed by atoms with Crippen LogP contribution < -0.4 is 5.32 Å². The summed E-state index contributed by atoms with van der Waals surface area (Å²) in [4.78, 5) is 4.42. The van der Waals surface area contributed by atoms with Crippen LogP contribution in [0.1, 0.15) is 11.1 Å². The van der Waals surface area contributed by atoms with Crippen molar-refractivity contribution in [3.8, 4) is 0 Å². The molecule has 0 radical (unpaired) electrons. The van der Waals surface area contributed by atoms with Gasteiger partial charge in [0.05, 0.1) is 0 Å². The lowest BCUT2D eigenvalue weighted by atomic mass is 10.0. The van der Waals surface area contributed by atoms with Gasteiger partial charge in [0.25, 0.3) is 0 Å². The first kappa shape index (κ1) is 13.8. The zero-order valence-corrected chi connectivity index (χ0v) is 13.0. The van der Waals surface area contributed by atoms with Gasteiger partial charge in [-0.25, -0.2) is 4.98 Å². The van der Waals surface area contributed by atoms with E-state index >= 15 is 0 Å². The van der Waals surface area contributed by atoms with Crippen LogP contribution in [0.5, 0.6) is 0 Å². The number of rotatable bonds is 4. The molecule has 0 aliphatic carbocycles. The molecule has 1 aromatic heterocycles. The van der Waals surface area contributed by atoms with E-state index < -0.39 is 0 Å². The largest absolute Gasteiger partial charge is 0.340 e. The number of nitrogens with one attached hydrogen (secondary N) is 1. The Labute approximate surface area is 133 Å². The van der Waals surface area contributed by atoms with Gasteiger partial charge in [-0.15, -0.1) is 0 Å². The SMILES string of the molecule is Brc1cccc(Nc2ccccc2Cc2ccccc2)n1. The van der Waals surface area contributed by atoms with Gasteiger partial charge in [-0.3, -0.25) is 0 Å². The minimum absolute atomic E-state index is 0.827. The Kier molecular flexibility index (Phi) is 4.31. The average Bonchev–Trinajstić information content (AvgIpc) is 2.50. The molecular weight excluding hydrogens is 324 g/mol. The van der Waals surface area contributed by atoms with Crippen LogP contribution in [-0.2, 0) is 6.42 Å². The quantitative estimate of drug-likeness (QED) is 0.663. The highest BCUT2D eigenvalue weighted by atomic mass is 79.9. The Hall–Kier alpha value is -2.13. The summed E-state index contributed by atoms with van der Waals surface area (Å²) in [7, 11) is 0. The summed E-state index contributed by atoms with van der Waals surface area (Å²) >= 11 is 3.40. The Morgan fingerprint density at radius 1 is 0.810 bits per heavy atom. The number of anilines is 2. The molecule has 2 aromatic carbocycles. The number of nitrogens with zero attached hydrogens (tertiary/aromatic N) is 1. The van der Waals surface area contributed by atoms with Crippen LogP contribution in [0.25, 0.3) is 0 Å². The first-order chi connectivity index (χ1) is 10.3. The second kappa shape index (κ2) is 6.55. The summed E-state index contributed by atoms with van der Waals surface area (Å²) in [5, 5.41) is 3.39. The smallest absolute Gasteiger partial charge is 0.131 e. The highest BCUT2D eigenvalue weighted by molar-refractivity contribution is 9.10. The molecule has 2 nitrogen and oxygen atoms in total. The predicted octanol–water partition coefficient (Wildman–Crippen LogP) is 5.18. The molecular formula is C18H15BrN2. The van der Waals surface area contributed by atoms with Crippen molar-refractivity contribution in [3.05, 3.63) is 88.5 Å². The molecule has 3 heteroatoms. The third-order valence-corrected chi connectivity index (χ3v) is 3.67. The van der Waals surface area contributed by atoms with E-state index in [2.05, 4.69) is 68.7 Å². The van der Waals surface area contributed by atoms with Crippen LogP contribution in [0.4, 0.5) is 11.5 Å². The van der Waals surface area contributed by atoms with Crippen LogP contribution in [0.2, 0.25) is 0 Å².